The Kier molecular flexibility index (Phi) is 4.50. The average molecular weight is 253 g/mol. The van der Waals surface area contributed by atoms with Crippen LogP contribution in [-0.4, -0.2) is 5.80 Å². The number of hydrogen-bond acceptors (Lipinski definition) is 0. The highest BCUT2D eigenvalue weighted by atomic mass is 31.1. The molecule has 0 saturated carbocycles. The molecule has 0 amide bonds. The van der Waals surface area contributed by atoms with Crippen LogP contribution in [0.1, 0.15) is 13.8 Å². The Hall–Kier alpha value is -1.65. The summed E-state index contributed by atoms with van der Waals surface area (Å²) in [5.41, 5.74) is 1.34. The molecule has 0 fully saturated rings. The lowest BCUT2D eigenvalue weighted by Crippen LogP contribution is -2.07. The molecule has 1 heteroatoms. The third-order valence-corrected chi connectivity index (χ3v) is 4.78. The van der Waals surface area contributed by atoms with E-state index in [4.69, 9.17) is 0 Å². The van der Waals surface area contributed by atoms with Gasteiger partial charge in [-0.2, -0.15) is 0 Å². The Labute approximate surface area is 110 Å². The fraction of sp³-hybridized carbons (Fsp3) is 0.118. The van der Waals surface area contributed by atoms with Crippen molar-refractivity contribution in [2.75, 3.05) is 0 Å². The molecule has 2 rings (SSSR count). The summed E-state index contributed by atoms with van der Waals surface area (Å²) in [7, 11) is -0.385. The van der Waals surface area contributed by atoms with Crippen molar-refractivity contribution in [1.29, 1.82) is 0 Å². The summed E-state index contributed by atoms with van der Waals surface area (Å²) in [5, 5.41) is 2.80. The van der Waals surface area contributed by atoms with Crippen molar-refractivity contribution in [3.05, 3.63) is 72.3 Å². The zero-order chi connectivity index (χ0) is 12.8. The van der Waals surface area contributed by atoms with Gasteiger partial charge in [-0.05, 0) is 44.2 Å². The maximum atomic E-state index is 2.34. The van der Waals surface area contributed by atoms with E-state index in [1.54, 1.807) is 0 Å². The predicted molar refractivity (Wildman–Crippen MR) is 84.6 cm³/mol. The van der Waals surface area contributed by atoms with E-state index in [-0.39, 0.29) is 7.55 Å². The largest absolute Gasteiger partial charge is 0.170 e. The first-order chi connectivity index (χ1) is 8.77. The first kappa shape index (κ1) is 12.8. The molecular weight excluding hydrogens is 235 g/mol. The quantitative estimate of drug-likeness (QED) is 0.728. The van der Waals surface area contributed by atoms with E-state index in [1.165, 1.54) is 16.2 Å². The van der Waals surface area contributed by atoms with Gasteiger partial charge < -0.3 is 0 Å². The first-order valence-electron chi connectivity index (χ1n) is 6.15. The third-order valence-electron chi connectivity index (χ3n) is 2.63. The minimum atomic E-state index is -0.385. The number of benzene rings is 2. The molecule has 0 saturated heterocycles. The van der Waals surface area contributed by atoms with Gasteiger partial charge in [-0.25, -0.2) is 0 Å². The van der Waals surface area contributed by atoms with Crippen LogP contribution in [0.25, 0.3) is 0 Å². The van der Waals surface area contributed by atoms with Gasteiger partial charge in [0.1, 0.15) is 5.80 Å². The van der Waals surface area contributed by atoms with Crippen LogP contribution in [0.15, 0.2) is 72.3 Å². The first-order valence-corrected chi connectivity index (χ1v) is 7.56. The topological polar surface area (TPSA) is 0 Å². The van der Waals surface area contributed by atoms with Gasteiger partial charge in [0.15, 0.2) is 18.2 Å². The molecule has 0 nitrogen and oxygen atoms in total. The number of hydrogen-bond donors (Lipinski definition) is 0. The average Bonchev–Trinajstić information content (AvgIpc) is 2.41. The minimum absolute atomic E-state index is 0.385. The van der Waals surface area contributed by atoms with Crippen molar-refractivity contribution >= 4 is 24.0 Å². The monoisotopic (exact) mass is 253 g/mol. The Morgan fingerprint density at radius 1 is 0.778 bits per heavy atom. The molecule has 0 aromatic heterocycles. The highest BCUT2D eigenvalue weighted by molar-refractivity contribution is 7.72. The molecule has 2 aromatic carbocycles. The van der Waals surface area contributed by atoms with Gasteiger partial charge in [0.2, 0.25) is 0 Å². The van der Waals surface area contributed by atoms with Crippen molar-refractivity contribution < 1.29 is 0 Å². The van der Waals surface area contributed by atoms with Crippen LogP contribution in [0, 0.1) is 0 Å². The van der Waals surface area contributed by atoms with E-state index >= 15 is 0 Å². The van der Waals surface area contributed by atoms with Crippen molar-refractivity contribution in [3.8, 4) is 0 Å². The van der Waals surface area contributed by atoms with Gasteiger partial charge in [-0.15, -0.1) is 0 Å². The highest BCUT2D eigenvalue weighted by Gasteiger charge is 2.15. The normalized spacial score (nSPS) is 9.67. The minimum Gasteiger partial charge on any atom is -0.0727 e. The Bertz CT molecular complexity index is 505. The SMILES string of the molecule is CC(C)=CC=[P+](c1ccccc1)c1ccccc1. The second-order valence-electron chi connectivity index (χ2n) is 4.43. The fourth-order valence-corrected chi connectivity index (χ4v) is 3.80. The van der Waals surface area contributed by atoms with Crippen molar-refractivity contribution in [2.24, 2.45) is 0 Å². The van der Waals surface area contributed by atoms with Crippen LogP contribution in [-0.2, 0) is 0 Å². The number of allylic oxidation sites excluding steroid dienone is 2. The van der Waals surface area contributed by atoms with Gasteiger partial charge in [0.05, 0.1) is 0 Å². The molecule has 0 atom stereocenters. The molecule has 2 aromatic rings. The van der Waals surface area contributed by atoms with Gasteiger partial charge in [-0.3, -0.25) is 0 Å². The van der Waals surface area contributed by atoms with E-state index in [2.05, 4.69) is 86.4 Å². The summed E-state index contributed by atoms with van der Waals surface area (Å²) in [6, 6.07) is 21.5. The molecule has 18 heavy (non-hydrogen) atoms. The molecule has 0 radical (unpaired) electrons. The lowest BCUT2D eigenvalue weighted by atomic mass is 10.3. The summed E-state index contributed by atoms with van der Waals surface area (Å²) < 4.78 is 0. The van der Waals surface area contributed by atoms with Crippen LogP contribution in [0.2, 0.25) is 0 Å². The van der Waals surface area contributed by atoms with Gasteiger partial charge in [0.25, 0.3) is 0 Å². The van der Waals surface area contributed by atoms with E-state index in [1.807, 2.05) is 0 Å². The molecule has 0 aliphatic carbocycles. The van der Waals surface area contributed by atoms with Gasteiger partial charge >= 0.3 is 0 Å². The maximum absolute atomic E-state index is 2.34. The molecule has 0 spiro atoms. The Morgan fingerprint density at radius 3 is 1.61 bits per heavy atom. The lowest BCUT2D eigenvalue weighted by Gasteiger charge is -1.95. The lowest BCUT2D eigenvalue weighted by molar-refractivity contribution is 1.41. The molecule has 0 aliphatic rings. The second kappa shape index (κ2) is 6.33. The van der Waals surface area contributed by atoms with Crippen LogP contribution in [0.3, 0.4) is 0 Å². The van der Waals surface area contributed by atoms with Crippen LogP contribution >= 0.6 is 7.55 Å². The molecule has 0 aliphatic heterocycles. The Morgan fingerprint density at radius 2 is 1.22 bits per heavy atom. The summed E-state index contributed by atoms with van der Waals surface area (Å²) in [5.74, 6) is 2.34. The van der Waals surface area contributed by atoms with E-state index in [9.17, 15) is 0 Å². The summed E-state index contributed by atoms with van der Waals surface area (Å²) in [6.07, 6.45) is 2.23. The van der Waals surface area contributed by atoms with Gasteiger partial charge in [-0.1, -0.05) is 42.0 Å². The second-order valence-corrected chi connectivity index (χ2v) is 6.51. The number of rotatable bonds is 3. The van der Waals surface area contributed by atoms with E-state index < -0.39 is 0 Å². The highest BCUT2D eigenvalue weighted by Crippen LogP contribution is 2.20. The van der Waals surface area contributed by atoms with Crippen molar-refractivity contribution in [2.45, 2.75) is 13.8 Å². The summed E-state index contributed by atoms with van der Waals surface area (Å²) in [4.78, 5) is 0. The third kappa shape index (κ3) is 3.42. The van der Waals surface area contributed by atoms with Gasteiger partial charge in [0, 0.05) is 0 Å². The molecule has 0 N–H and O–H groups in total. The standard InChI is InChI=1S/C17H18P/c1-15(2)13-14-18(16-9-5-3-6-10-16)17-11-7-4-8-12-17/h3-14H,1-2H3/q+1. The summed E-state index contributed by atoms with van der Waals surface area (Å²) in [6.45, 7) is 4.28. The molecule has 90 valence electrons. The Balaban J connectivity index is 2.49. The molecule has 0 bridgehead atoms. The van der Waals surface area contributed by atoms with Crippen LogP contribution in [0.5, 0.6) is 0 Å². The molecule has 0 heterocycles. The van der Waals surface area contributed by atoms with E-state index in [0.717, 1.165) is 0 Å². The van der Waals surface area contributed by atoms with Crippen LogP contribution < -0.4 is 10.6 Å². The zero-order valence-electron chi connectivity index (χ0n) is 10.9. The van der Waals surface area contributed by atoms with E-state index in [0.29, 0.717) is 0 Å². The maximum Gasteiger partial charge on any atom is 0.170 e. The summed E-state index contributed by atoms with van der Waals surface area (Å²) >= 11 is 0. The smallest absolute Gasteiger partial charge is 0.0727 e. The van der Waals surface area contributed by atoms with Crippen molar-refractivity contribution in [1.82, 2.24) is 0 Å². The van der Waals surface area contributed by atoms with Crippen LogP contribution in [0.4, 0.5) is 0 Å². The fourth-order valence-electron chi connectivity index (χ4n) is 1.72. The zero-order valence-corrected chi connectivity index (χ0v) is 11.8. The van der Waals surface area contributed by atoms with Crippen molar-refractivity contribution in [3.63, 3.8) is 0 Å². The predicted octanol–water partition coefficient (Wildman–Crippen LogP) is 3.89. The molecule has 0 unspecified atom stereocenters. The molecular formula is C17H18P+.